The molecule has 0 spiro atoms. The highest BCUT2D eigenvalue weighted by molar-refractivity contribution is 5.95. The number of aliphatic imine (C=N–C) groups is 1. The molecule has 1 aliphatic heterocycles. The molecule has 1 aliphatic rings. The van der Waals surface area contributed by atoms with Gasteiger partial charge < -0.3 is 10.3 Å². The van der Waals surface area contributed by atoms with Crippen LogP contribution in [0.4, 0.5) is 11.4 Å². The molecule has 0 amide bonds. The Balaban J connectivity index is 1.94. The van der Waals surface area contributed by atoms with Crippen molar-refractivity contribution in [1.82, 2.24) is 9.55 Å². The van der Waals surface area contributed by atoms with E-state index in [0.717, 1.165) is 22.7 Å². The van der Waals surface area contributed by atoms with Crippen molar-refractivity contribution in [2.24, 2.45) is 4.99 Å². The van der Waals surface area contributed by atoms with Crippen LogP contribution in [0.15, 0.2) is 46.0 Å². The maximum Gasteiger partial charge on any atom is 0.274 e. The number of rotatable bonds is 3. The first kappa shape index (κ1) is 14.3. The lowest BCUT2D eigenvalue weighted by Crippen LogP contribution is -2.25. The lowest BCUT2D eigenvalue weighted by atomic mass is 10.1. The summed E-state index contributed by atoms with van der Waals surface area (Å²) in [6.45, 7) is 4.55. The molecule has 0 atom stereocenters. The van der Waals surface area contributed by atoms with Crippen LogP contribution >= 0.6 is 0 Å². The zero-order valence-corrected chi connectivity index (χ0v) is 12.7. The molecule has 5 nitrogen and oxygen atoms in total. The van der Waals surface area contributed by atoms with Gasteiger partial charge in [-0.3, -0.25) is 14.8 Å². The second-order valence-corrected chi connectivity index (χ2v) is 5.67. The van der Waals surface area contributed by atoms with Gasteiger partial charge in [0, 0.05) is 30.1 Å². The Morgan fingerprint density at radius 1 is 1.41 bits per heavy atom. The van der Waals surface area contributed by atoms with Gasteiger partial charge in [-0.15, -0.1) is 0 Å². The van der Waals surface area contributed by atoms with Crippen LogP contribution in [0.2, 0.25) is 0 Å². The number of nitrogen functional groups attached to an aromatic ring is 1. The summed E-state index contributed by atoms with van der Waals surface area (Å²) in [7, 11) is 0. The van der Waals surface area contributed by atoms with Gasteiger partial charge >= 0.3 is 0 Å². The molecule has 3 heterocycles. The molecule has 0 unspecified atom stereocenters. The Morgan fingerprint density at radius 3 is 3.00 bits per heavy atom. The van der Waals surface area contributed by atoms with E-state index in [1.165, 1.54) is 5.57 Å². The van der Waals surface area contributed by atoms with Gasteiger partial charge in [-0.2, -0.15) is 0 Å². The molecule has 3 rings (SSSR count). The SMILES string of the molecule is CC(C)=Cc1ccnc2c1N=C(Cn1cccc(N)c1=O)C2. The van der Waals surface area contributed by atoms with Crippen LogP contribution in [0.3, 0.4) is 0 Å². The predicted octanol–water partition coefficient (Wildman–Crippen LogP) is 2.58. The molecular weight excluding hydrogens is 276 g/mol. The van der Waals surface area contributed by atoms with Crippen LogP contribution < -0.4 is 11.3 Å². The fraction of sp³-hybridized carbons (Fsp3) is 0.235. The van der Waals surface area contributed by atoms with Gasteiger partial charge in [-0.25, -0.2) is 0 Å². The summed E-state index contributed by atoms with van der Waals surface area (Å²) in [6, 6.07) is 5.34. The minimum Gasteiger partial charge on any atom is -0.394 e. The average Bonchev–Trinajstić information content (AvgIpc) is 2.87. The van der Waals surface area contributed by atoms with Gasteiger partial charge in [0.05, 0.1) is 23.6 Å². The Labute approximate surface area is 128 Å². The van der Waals surface area contributed by atoms with Crippen molar-refractivity contribution in [3.63, 3.8) is 0 Å². The first-order valence-corrected chi connectivity index (χ1v) is 7.19. The van der Waals surface area contributed by atoms with Crippen LogP contribution in [0.1, 0.15) is 25.1 Å². The molecule has 2 aromatic rings. The number of aromatic nitrogens is 2. The van der Waals surface area contributed by atoms with E-state index in [1.54, 1.807) is 29.1 Å². The van der Waals surface area contributed by atoms with E-state index in [9.17, 15) is 4.79 Å². The van der Waals surface area contributed by atoms with Crippen molar-refractivity contribution in [1.29, 1.82) is 0 Å². The molecule has 112 valence electrons. The summed E-state index contributed by atoms with van der Waals surface area (Å²) < 4.78 is 1.58. The number of hydrogen-bond donors (Lipinski definition) is 1. The number of anilines is 1. The van der Waals surface area contributed by atoms with Gasteiger partial charge in [0.25, 0.3) is 5.56 Å². The van der Waals surface area contributed by atoms with E-state index in [1.807, 2.05) is 6.07 Å². The van der Waals surface area contributed by atoms with E-state index in [4.69, 9.17) is 5.73 Å². The molecule has 0 saturated heterocycles. The molecule has 0 aliphatic carbocycles. The molecule has 0 aromatic carbocycles. The third kappa shape index (κ3) is 2.70. The fourth-order valence-electron chi connectivity index (χ4n) is 2.56. The summed E-state index contributed by atoms with van der Waals surface area (Å²) in [6.07, 6.45) is 6.30. The quantitative estimate of drug-likeness (QED) is 0.945. The molecule has 0 fully saturated rings. The van der Waals surface area contributed by atoms with Crippen LogP contribution in [0.25, 0.3) is 6.08 Å². The molecule has 5 heteroatoms. The number of nitrogens with zero attached hydrogens (tertiary/aromatic N) is 3. The van der Waals surface area contributed by atoms with E-state index in [-0.39, 0.29) is 11.2 Å². The second kappa shape index (κ2) is 5.60. The zero-order chi connectivity index (χ0) is 15.7. The molecule has 22 heavy (non-hydrogen) atoms. The summed E-state index contributed by atoms with van der Waals surface area (Å²) >= 11 is 0. The Kier molecular flexibility index (Phi) is 3.63. The lowest BCUT2D eigenvalue weighted by Gasteiger charge is -2.05. The normalized spacial score (nSPS) is 12.7. The molecular formula is C17H18N4O. The maximum absolute atomic E-state index is 12.0. The molecule has 2 aromatic heterocycles. The van der Waals surface area contributed by atoms with Crippen molar-refractivity contribution in [3.05, 3.63) is 57.8 Å². The number of fused-ring (bicyclic) bond motifs is 1. The van der Waals surface area contributed by atoms with Crippen molar-refractivity contribution >= 4 is 23.2 Å². The monoisotopic (exact) mass is 294 g/mol. The van der Waals surface area contributed by atoms with Gasteiger partial charge in [-0.1, -0.05) is 11.6 Å². The van der Waals surface area contributed by atoms with E-state index in [0.29, 0.717) is 13.0 Å². The number of allylic oxidation sites excluding steroid dienone is 1. The highest BCUT2D eigenvalue weighted by Gasteiger charge is 2.18. The first-order chi connectivity index (χ1) is 10.5. The van der Waals surface area contributed by atoms with Gasteiger partial charge in [-0.05, 0) is 32.0 Å². The highest BCUT2D eigenvalue weighted by Crippen LogP contribution is 2.30. The molecule has 0 radical (unpaired) electrons. The minimum absolute atomic E-state index is 0.182. The maximum atomic E-state index is 12.0. The fourth-order valence-corrected chi connectivity index (χ4v) is 2.56. The largest absolute Gasteiger partial charge is 0.394 e. The van der Waals surface area contributed by atoms with Crippen molar-refractivity contribution in [2.45, 2.75) is 26.8 Å². The third-order valence-electron chi connectivity index (χ3n) is 3.52. The van der Waals surface area contributed by atoms with E-state index in [2.05, 4.69) is 29.9 Å². The lowest BCUT2D eigenvalue weighted by molar-refractivity contribution is 0.802. The zero-order valence-electron chi connectivity index (χ0n) is 12.7. The van der Waals surface area contributed by atoms with Crippen molar-refractivity contribution in [3.8, 4) is 0 Å². The Morgan fingerprint density at radius 2 is 2.23 bits per heavy atom. The molecule has 2 N–H and O–H groups in total. The van der Waals surface area contributed by atoms with Gasteiger partial charge in [0.1, 0.15) is 0 Å². The minimum atomic E-state index is -0.182. The van der Waals surface area contributed by atoms with Crippen LogP contribution in [0.5, 0.6) is 0 Å². The van der Waals surface area contributed by atoms with E-state index < -0.39 is 0 Å². The van der Waals surface area contributed by atoms with Gasteiger partial charge in [0.2, 0.25) is 0 Å². The Hall–Kier alpha value is -2.69. The highest BCUT2D eigenvalue weighted by atomic mass is 16.1. The number of pyridine rings is 2. The van der Waals surface area contributed by atoms with Crippen LogP contribution in [-0.4, -0.2) is 15.3 Å². The van der Waals surface area contributed by atoms with Crippen LogP contribution in [0, 0.1) is 0 Å². The van der Waals surface area contributed by atoms with Crippen molar-refractivity contribution < 1.29 is 0 Å². The standard InChI is InChI=1S/C17H18N4O/c1-11(2)8-12-5-6-19-15-9-13(20-16(12)15)10-21-7-3-4-14(18)17(21)22/h3-8H,9-10,18H2,1-2H3. The topological polar surface area (TPSA) is 73.3 Å². The number of hydrogen-bond acceptors (Lipinski definition) is 4. The smallest absolute Gasteiger partial charge is 0.274 e. The van der Waals surface area contributed by atoms with Crippen molar-refractivity contribution in [2.75, 3.05) is 5.73 Å². The first-order valence-electron chi connectivity index (χ1n) is 7.19. The third-order valence-corrected chi connectivity index (χ3v) is 3.52. The summed E-state index contributed by atoms with van der Waals surface area (Å²) in [4.78, 5) is 21.1. The van der Waals surface area contributed by atoms with Gasteiger partial charge in [0.15, 0.2) is 0 Å². The molecule has 0 saturated carbocycles. The second-order valence-electron chi connectivity index (χ2n) is 5.67. The Bertz CT molecular complexity index is 842. The summed E-state index contributed by atoms with van der Waals surface area (Å²) in [5, 5.41) is 0. The summed E-state index contributed by atoms with van der Waals surface area (Å²) in [5.41, 5.74) is 10.8. The van der Waals surface area contributed by atoms with E-state index >= 15 is 0 Å². The van der Waals surface area contributed by atoms with Crippen LogP contribution in [-0.2, 0) is 13.0 Å². The molecule has 0 bridgehead atoms. The predicted molar refractivity (Wildman–Crippen MR) is 89.5 cm³/mol. The number of nitrogens with two attached hydrogens (primary N) is 1. The summed E-state index contributed by atoms with van der Waals surface area (Å²) in [5.74, 6) is 0. The average molecular weight is 294 g/mol.